The van der Waals surface area contributed by atoms with Crippen molar-refractivity contribution in [3.8, 4) is 11.4 Å². The quantitative estimate of drug-likeness (QED) is 0.800. The summed E-state index contributed by atoms with van der Waals surface area (Å²) in [5.41, 5.74) is 7.88. The van der Waals surface area contributed by atoms with Gasteiger partial charge in [-0.1, -0.05) is 0 Å². The highest BCUT2D eigenvalue weighted by Gasteiger charge is 2.49. The van der Waals surface area contributed by atoms with E-state index in [9.17, 15) is 8.42 Å². The predicted molar refractivity (Wildman–Crippen MR) is 105 cm³/mol. The van der Waals surface area contributed by atoms with Crippen molar-refractivity contribution in [1.82, 2.24) is 9.97 Å². The Morgan fingerprint density at radius 2 is 1.78 bits per heavy atom. The first-order chi connectivity index (χ1) is 12.9. The van der Waals surface area contributed by atoms with Crippen LogP contribution in [0, 0.1) is 0 Å². The van der Waals surface area contributed by atoms with Crippen LogP contribution in [0.4, 0.5) is 11.5 Å². The van der Waals surface area contributed by atoms with E-state index in [-0.39, 0.29) is 0 Å². The van der Waals surface area contributed by atoms with Crippen molar-refractivity contribution >= 4 is 21.3 Å². The molecule has 2 fully saturated rings. The topological polar surface area (TPSA) is 98.4 Å². The number of nitrogens with zero attached hydrogens (tertiary/aromatic N) is 3. The largest absolute Gasteiger partial charge is 0.399 e. The van der Waals surface area contributed by atoms with E-state index in [2.05, 4.69) is 4.90 Å². The second-order valence-corrected chi connectivity index (χ2v) is 9.60. The van der Waals surface area contributed by atoms with Gasteiger partial charge in [-0.05, 0) is 43.5 Å². The molecule has 0 spiro atoms. The number of sulfone groups is 1. The molecule has 1 aliphatic carbocycles. The van der Waals surface area contributed by atoms with E-state index in [1.54, 1.807) is 12.1 Å². The van der Waals surface area contributed by atoms with Crippen LogP contribution in [0.2, 0.25) is 0 Å². The number of nitrogens with two attached hydrogens (primary N) is 1. The number of hydrogen-bond donors (Lipinski definition) is 1. The average Bonchev–Trinajstić information content (AvgIpc) is 2.60. The number of morpholine rings is 1. The first-order valence-electron chi connectivity index (χ1n) is 9.17. The third-order valence-electron chi connectivity index (χ3n) is 5.55. The maximum atomic E-state index is 12.6. The van der Waals surface area contributed by atoms with Gasteiger partial charge >= 0.3 is 0 Å². The van der Waals surface area contributed by atoms with Crippen LogP contribution >= 0.6 is 0 Å². The summed E-state index contributed by atoms with van der Waals surface area (Å²) < 4.78 is 29.7. The molecule has 1 aliphatic heterocycles. The Hall–Kier alpha value is -2.19. The van der Waals surface area contributed by atoms with Crippen LogP contribution in [0.1, 0.15) is 25.0 Å². The van der Waals surface area contributed by atoms with Gasteiger partial charge < -0.3 is 15.4 Å². The standard InChI is InChI=1S/C19H24N4O3S/c1-27(24,25)19(7-2-8-19)16-13-17(23-9-11-26-12-10-23)22-18(21-16)14-3-5-15(20)6-4-14/h3-6,13H,2,7-12,20H2,1H3. The Bertz CT molecular complexity index is 934. The number of anilines is 2. The molecule has 2 N–H and O–H groups in total. The van der Waals surface area contributed by atoms with Gasteiger partial charge in [0, 0.05) is 36.7 Å². The third-order valence-corrected chi connectivity index (χ3v) is 7.59. The number of ether oxygens (including phenoxy) is 1. The van der Waals surface area contributed by atoms with E-state index in [4.69, 9.17) is 20.4 Å². The minimum atomic E-state index is -3.29. The molecule has 2 aromatic rings. The van der Waals surface area contributed by atoms with Gasteiger partial charge in [0.1, 0.15) is 10.6 Å². The molecule has 8 heteroatoms. The van der Waals surface area contributed by atoms with Gasteiger partial charge in [0.2, 0.25) is 0 Å². The summed E-state index contributed by atoms with van der Waals surface area (Å²) in [5, 5.41) is 0. The second-order valence-electron chi connectivity index (χ2n) is 7.28. The molecular weight excluding hydrogens is 364 g/mol. The first-order valence-corrected chi connectivity index (χ1v) is 11.1. The lowest BCUT2D eigenvalue weighted by atomic mass is 9.81. The maximum absolute atomic E-state index is 12.6. The van der Waals surface area contributed by atoms with E-state index in [1.165, 1.54) is 6.26 Å². The van der Waals surface area contributed by atoms with E-state index >= 15 is 0 Å². The van der Waals surface area contributed by atoms with Gasteiger partial charge in [-0.2, -0.15) is 0 Å². The van der Waals surface area contributed by atoms with Crippen LogP contribution in [0.5, 0.6) is 0 Å². The van der Waals surface area contributed by atoms with Gasteiger partial charge in [-0.25, -0.2) is 18.4 Å². The summed E-state index contributed by atoms with van der Waals surface area (Å²) in [7, 11) is -3.29. The zero-order chi connectivity index (χ0) is 19.1. The molecule has 0 unspecified atom stereocenters. The molecule has 2 aliphatic rings. The number of nitrogen functional groups attached to an aromatic ring is 1. The molecule has 27 heavy (non-hydrogen) atoms. The average molecular weight is 388 g/mol. The SMILES string of the molecule is CS(=O)(=O)C1(c2cc(N3CCOCC3)nc(-c3ccc(N)cc3)n2)CCC1. The van der Waals surface area contributed by atoms with Crippen LogP contribution in [-0.2, 0) is 19.3 Å². The highest BCUT2D eigenvalue weighted by atomic mass is 32.2. The number of hydrogen-bond acceptors (Lipinski definition) is 7. The highest BCUT2D eigenvalue weighted by Crippen LogP contribution is 2.48. The van der Waals surface area contributed by atoms with Crippen molar-refractivity contribution in [2.45, 2.75) is 24.0 Å². The Morgan fingerprint density at radius 1 is 1.11 bits per heavy atom. The Kier molecular flexibility index (Phi) is 4.55. The molecule has 1 aromatic heterocycles. The van der Waals surface area contributed by atoms with Crippen LogP contribution in [0.25, 0.3) is 11.4 Å². The fourth-order valence-electron chi connectivity index (χ4n) is 3.70. The maximum Gasteiger partial charge on any atom is 0.161 e. The zero-order valence-electron chi connectivity index (χ0n) is 15.4. The van der Waals surface area contributed by atoms with Crippen molar-refractivity contribution < 1.29 is 13.2 Å². The molecule has 4 rings (SSSR count). The van der Waals surface area contributed by atoms with Crippen molar-refractivity contribution in [3.05, 3.63) is 36.0 Å². The zero-order valence-corrected chi connectivity index (χ0v) is 16.2. The van der Waals surface area contributed by atoms with Gasteiger partial charge in [-0.15, -0.1) is 0 Å². The first kappa shape index (κ1) is 18.2. The molecule has 0 amide bonds. The van der Waals surface area contributed by atoms with Crippen molar-refractivity contribution in [1.29, 1.82) is 0 Å². The predicted octanol–water partition coefficient (Wildman–Crippen LogP) is 1.99. The molecule has 0 radical (unpaired) electrons. The molecule has 0 atom stereocenters. The molecule has 1 aromatic carbocycles. The summed E-state index contributed by atoms with van der Waals surface area (Å²) in [6, 6.07) is 9.19. The minimum Gasteiger partial charge on any atom is -0.399 e. The Balaban J connectivity index is 1.85. The van der Waals surface area contributed by atoms with Gasteiger partial charge in [0.25, 0.3) is 0 Å². The minimum absolute atomic E-state index is 0.531. The van der Waals surface area contributed by atoms with Gasteiger partial charge in [-0.3, -0.25) is 0 Å². The monoisotopic (exact) mass is 388 g/mol. The van der Waals surface area contributed by atoms with Crippen molar-refractivity contribution in [2.75, 3.05) is 43.2 Å². The summed E-state index contributed by atoms with van der Waals surface area (Å²) in [5.74, 6) is 1.29. The fourth-order valence-corrected chi connectivity index (χ4v) is 5.21. The lowest BCUT2D eigenvalue weighted by molar-refractivity contribution is 0.122. The number of aromatic nitrogens is 2. The van der Waals surface area contributed by atoms with E-state index in [0.717, 1.165) is 30.9 Å². The summed E-state index contributed by atoms with van der Waals surface area (Å²) >= 11 is 0. The highest BCUT2D eigenvalue weighted by molar-refractivity contribution is 7.91. The molecule has 0 bridgehead atoms. The van der Waals surface area contributed by atoms with Crippen LogP contribution in [0.15, 0.2) is 30.3 Å². The third kappa shape index (κ3) is 3.27. The van der Waals surface area contributed by atoms with Crippen LogP contribution in [0.3, 0.4) is 0 Å². The van der Waals surface area contributed by atoms with Crippen LogP contribution < -0.4 is 10.6 Å². The second kappa shape index (κ2) is 6.76. The summed E-state index contributed by atoms with van der Waals surface area (Å²) in [4.78, 5) is 11.6. The summed E-state index contributed by atoms with van der Waals surface area (Å²) in [6.45, 7) is 2.72. The fraction of sp³-hybridized carbons (Fsp3) is 0.474. The van der Waals surface area contributed by atoms with Crippen molar-refractivity contribution in [2.24, 2.45) is 0 Å². The molecule has 2 heterocycles. The smallest absolute Gasteiger partial charge is 0.161 e. The van der Waals surface area contributed by atoms with E-state index in [1.807, 2.05) is 18.2 Å². The van der Waals surface area contributed by atoms with Gasteiger partial charge in [0.15, 0.2) is 15.7 Å². The molecule has 1 saturated carbocycles. The summed E-state index contributed by atoms with van der Waals surface area (Å²) in [6.07, 6.45) is 3.41. The normalized spacial score (nSPS) is 19.5. The number of rotatable bonds is 4. The molecule has 7 nitrogen and oxygen atoms in total. The van der Waals surface area contributed by atoms with E-state index in [0.29, 0.717) is 43.3 Å². The lowest BCUT2D eigenvalue weighted by Gasteiger charge is -2.40. The molecule has 1 saturated heterocycles. The lowest BCUT2D eigenvalue weighted by Crippen LogP contribution is -2.43. The molecule has 144 valence electrons. The van der Waals surface area contributed by atoms with E-state index < -0.39 is 14.6 Å². The van der Waals surface area contributed by atoms with Crippen molar-refractivity contribution in [3.63, 3.8) is 0 Å². The van der Waals surface area contributed by atoms with Gasteiger partial charge in [0.05, 0.1) is 18.9 Å². The Labute approximate surface area is 159 Å². The number of benzene rings is 1. The molecular formula is C19H24N4O3S. The Morgan fingerprint density at radius 3 is 2.33 bits per heavy atom. The van der Waals surface area contributed by atoms with Crippen LogP contribution in [-0.4, -0.2) is 50.9 Å².